The Balaban J connectivity index is 1.66. The number of hydrogen-bond donors (Lipinski definition) is 2. The van der Waals surface area contributed by atoms with Crippen molar-refractivity contribution in [1.82, 2.24) is 25.3 Å². The van der Waals surface area contributed by atoms with Gasteiger partial charge in [-0.1, -0.05) is 5.92 Å². The molecule has 0 amide bonds. The summed E-state index contributed by atoms with van der Waals surface area (Å²) in [6.07, 6.45) is 9.33. The molecule has 3 N–H and O–H groups in total. The topological polar surface area (TPSA) is 124 Å². The summed E-state index contributed by atoms with van der Waals surface area (Å²) < 4.78 is 22.6. The molecule has 1 fully saturated rings. The number of terminal acetylenes is 1. The minimum atomic E-state index is -4.01. The minimum absolute atomic E-state index is 0.0620. The van der Waals surface area contributed by atoms with E-state index in [0.717, 1.165) is 29.9 Å². The van der Waals surface area contributed by atoms with Crippen LogP contribution in [0, 0.1) is 12.3 Å². The van der Waals surface area contributed by atoms with Crippen molar-refractivity contribution < 1.29 is 8.42 Å². The highest BCUT2D eigenvalue weighted by Crippen LogP contribution is 2.39. The van der Waals surface area contributed by atoms with Crippen LogP contribution in [-0.2, 0) is 10.0 Å². The molecular formula is C16H13N6O2S2. The molecule has 0 aliphatic heterocycles. The summed E-state index contributed by atoms with van der Waals surface area (Å²) in [5.41, 5.74) is 1.54. The third-order valence-electron chi connectivity index (χ3n) is 3.87. The van der Waals surface area contributed by atoms with Gasteiger partial charge in [0.15, 0.2) is 17.5 Å². The lowest BCUT2D eigenvalue weighted by molar-refractivity contribution is 0.598. The zero-order valence-corrected chi connectivity index (χ0v) is 15.0. The number of thiophene rings is 1. The molecule has 26 heavy (non-hydrogen) atoms. The van der Waals surface area contributed by atoms with Gasteiger partial charge in [-0.3, -0.25) is 5.10 Å². The SMILES string of the molecule is C#Cc1cnc(-c2ccc(S([NH])(=O)=O)s2)nc1Nc1cc(C2CC2)[nH]n1. The zero-order valence-electron chi connectivity index (χ0n) is 13.4. The van der Waals surface area contributed by atoms with Gasteiger partial charge in [-0.25, -0.2) is 18.4 Å². The van der Waals surface area contributed by atoms with E-state index in [0.29, 0.717) is 33.8 Å². The Kier molecular flexibility index (Phi) is 3.99. The highest BCUT2D eigenvalue weighted by molar-refractivity contribution is 7.91. The number of aromatic amines is 1. The summed E-state index contributed by atoms with van der Waals surface area (Å²) in [7, 11) is -4.01. The van der Waals surface area contributed by atoms with Crippen LogP contribution in [0.15, 0.2) is 28.6 Å². The van der Waals surface area contributed by atoms with Crippen LogP contribution in [0.1, 0.15) is 30.0 Å². The van der Waals surface area contributed by atoms with Gasteiger partial charge in [-0.15, -0.1) is 22.9 Å². The molecule has 0 saturated heterocycles. The highest BCUT2D eigenvalue weighted by Gasteiger charge is 2.25. The number of H-pyrrole nitrogens is 1. The van der Waals surface area contributed by atoms with Crippen LogP contribution in [-0.4, -0.2) is 28.6 Å². The molecule has 3 heterocycles. The van der Waals surface area contributed by atoms with Crippen molar-refractivity contribution >= 4 is 33.0 Å². The fourth-order valence-electron chi connectivity index (χ4n) is 2.41. The summed E-state index contributed by atoms with van der Waals surface area (Å²) in [4.78, 5) is 9.13. The van der Waals surface area contributed by atoms with Crippen molar-refractivity contribution in [3.63, 3.8) is 0 Å². The van der Waals surface area contributed by atoms with Gasteiger partial charge in [-0.2, -0.15) is 5.10 Å². The maximum absolute atomic E-state index is 11.3. The summed E-state index contributed by atoms with van der Waals surface area (Å²) in [5.74, 6) is 4.40. The first kappa shape index (κ1) is 16.7. The van der Waals surface area contributed by atoms with Crippen LogP contribution in [0.2, 0.25) is 0 Å². The smallest absolute Gasteiger partial charge is 0.263 e. The van der Waals surface area contributed by atoms with Gasteiger partial charge in [0.2, 0.25) is 0 Å². The Bertz CT molecular complexity index is 1120. The molecule has 0 unspecified atom stereocenters. The maximum Gasteiger partial charge on any atom is 0.263 e. The molecule has 131 valence electrons. The fraction of sp³-hybridized carbons (Fsp3) is 0.188. The van der Waals surface area contributed by atoms with E-state index in [9.17, 15) is 8.42 Å². The van der Waals surface area contributed by atoms with Gasteiger partial charge >= 0.3 is 0 Å². The predicted octanol–water partition coefficient (Wildman–Crippen LogP) is 2.50. The lowest BCUT2D eigenvalue weighted by Crippen LogP contribution is -2.00. The molecule has 0 atom stereocenters. The van der Waals surface area contributed by atoms with Crippen molar-refractivity contribution in [2.75, 3.05) is 5.32 Å². The van der Waals surface area contributed by atoms with Crippen LogP contribution in [0.3, 0.4) is 0 Å². The maximum atomic E-state index is 11.3. The van der Waals surface area contributed by atoms with Crippen molar-refractivity contribution in [2.24, 2.45) is 0 Å². The van der Waals surface area contributed by atoms with Gasteiger partial charge < -0.3 is 5.32 Å². The summed E-state index contributed by atoms with van der Waals surface area (Å²) in [6.45, 7) is 0. The van der Waals surface area contributed by atoms with E-state index < -0.39 is 10.0 Å². The Hall–Kier alpha value is -2.74. The first-order valence-corrected chi connectivity index (χ1v) is 10.00. The van der Waals surface area contributed by atoms with E-state index in [2.05, 4.69) is 31.4 Å². The second kappa shape index (κ2) is 6.21. The number of sulfonamides is 1. The third-order valence-corrected chi connectivity index (χ3v) is 6.32. The van der Waals surface area contributed by atoms with E-state index in [4.69, 9.17) is 11.6 Å². The number of aromatic nitrogens is 4. The molecule has 4 rings (SSSR count). The van der Waals surface area contributed by atoms with Crippen LogP contribution in [0.4, 0.5) is 11.6 Å². The normalized spacial score (nSPS) is 14.2. The molecule has 0 bridgehead atoms. The molecule has 10 heteroatoms. The minimum Gasteiger partial charge on any atom is -0.322 e. The molecule has 1 aliphatic rings. The second-order valence-electron chi connectivity index (χ2n) is 5.83. The molecule has 1 radical (unpaired) electrons. The quantitative estimate of drug-likeness (QED) is 0.650. The van der Waals surface area contributed by atoms with Crippen molar-refractivity contribution in [3.8, 4) is 23.0 Å². The number of anilines is 2. The standard InChI is InChI=1S/C16H13N6O2S2/c1-2-9-8-18-16(12-5-6-14(25-12)26(17,23)24)20-15(9)19-13-7-11(21-22-13)10-3-4-10/h1,5-8,10,17H,3-4H2,(H2,18,19,20,21,22). The predicted molar refractivity (Wildman–Crippen MR) is 97.4 cm³/mol. The number of nitrogens with zero attached hydrogens (tertiary/aromatic N) is 3. The molecule has 1 saturated carbocycles. The second-order valence-corrected chi connectivity index (χ2v) is 8.62. The van der Waals surface area contributed by atoms with Crippen LogP contribution in [0.25, 0.3) is 10.7 Å². The third kappa shape index (κ3) is 3.32. The monoisotopic (exact) mass is 385 g/mol. The number of hydrogen-bond acceptors (Lipinski definition) is 7. The van der Waals surface area contributed by atoms with E-state index in [1.807, 2.05) is 6.07 Å². The Labute approximate surface area is 153 Å². The first-order valence-electron chi connectivity index (χ1n) is 7.70. The molecule has 8 nitrogen and oxygen atoms in total. The van der Waals surface area contributed by atoms with Crippen molar-refractivity contribution in [2.45, 2.75) is 23.0 Å². The van der Waals surface area contributed by atoms with E-state index in [1.54, 1.807) is 6.07 Å². The van der Waals surface area contributed by atoms with E-state index >= 15 is 0 Å². The van der Waals surface area contributed by atoms with Crippen molar-refractivity contribution in [1.29, 1.82) is 0 Å². The Morgan fingerprint density at radius 1 is 1.38 bits per heavy atom. The largest absolute Gasteiger partial charge is 0.322 e. The number of nitrogens with one attached hydrogen (secondary N) is 3. The Morgan fingerprint density at radius 3 is 2.85 bits per heavy atom. The van der Waals surface area contributed by atoms with Crippen LogP contribution in [0.5, 0.6) is 0 Å². The van der Waals surface area contributed by atoms with Gasteiger partial charge in [0, 0.05) is 23.9 Å². The molecular weight excluding hydrogens is 372 g/mol. The average molecular weight is 385 g/mol. The Morgan fingerprint density at radius 2 is 2.19 bits per heavy atom. The van der Waals surface area contributed by atoms with Gasteiger partial charge in [0.05, 0.1) is 10.4 Å². The summed E-state index contributed by atoms with van der Waals surface area (Å²) >= 11 is 0.936. The zero-order chi connectivity index (χ0) is 18.3. The van der Waals surface area contributed by atoms with Crippen LogP contribution >= 0.6 is 11.3 Å². The fourth-order valence-corrected chi connectivity index (χ4v) is 4.05. The van der Waals surface area contributed by atoms with Crippen molar-refractivity contribution in [3.05, 3.63) is 35.7 Å². The average Bonchev–Trinajstić information content (AvgIpc) is 3.14. The van der Waals surface area contributed by atoms with E-state index in [1.165, 1.54) is 12.3 Å². The molecule has 3 aromatic rings. The van der Waals surface area contributed by atoms with Crippen LogP contribution < -0.4 is 10.5 Å². The molecule has 1 aliphatic carbocycles. The number of rotatable bonds is 5. The highest BCUT2D eigenvalue weighted by atomic mass is 32.2. The molecule has 0 spiro atoms. The first-order chi connectivity index (χ1) is 12.4. The van der Waals surface area contributed by atoms with Gasteiger partial charge in [0.25, 0.3) is 10.0 Å². The van der Waals surface area contributed by atoms with Gasteiger partial charge in [-0.05, 0) is 25.0 Å². The molecule has 3 aromatic heterocycles. The lowest BCUT2D eigenvalue weighted by Gasteiger charge is -2.06. The summed E-state index contributed by atoms with van der Waals surface area (Å²) in [6, 6.07) is 4.86. The lowest BCUT2D eigenvalue weighted by atomic mass is 10.3. The van der Waals surface area contributed by atoms with Gasteiger partial charge in [0.1, 0.15) is 4.21 Å². The van der Waals surface area contributed by atoms with E-state index in [-0.39, 0.29) is 4.21 Å². The molecule has 0 aromatic carbocycles. The summed E-state index contributed by atoms with van der Waals surface area (Å²) in [5, 5.41) is 17.4.